The van der Waals surface area contributed by atoms with Gasteiger partial charge >= 0.3 is 0 Å². The molecule has 1 fully saturated rings. The molecule has 1 saturated heterocycles. The predicted molar refractivity (Wildman–Crippen MR) is 107 cm³/mol. The largest absolute Gasteiger partial charge is 0.495 e. The Labute approximate surface area is 162 Å². The zero-order valence-corrected chi connectivity index (χ0v) is 16.9. The van der Waals surface area contributed by atoms with Crippen LogP contribution in [0.15, 0.2) is 40.9 Å². The molecule has 0 N–H and O–H groups in total. The van der Waals surface area contributed by atoms with Crippen LogP contribution in [0.1, 0.15) is 15.9 Å². The summed E-state index contributed by atoms with van der Waals surface area (Å²) in [6.45, 7) is 5.11. The maximum Gasteiger partial charge on any atom is 0.254 e. The number of amides is 1. The van der Waals surface area contributed by atoms with Crippen molar-refractivity contribution in [1.82, 2.24) is 4.90 Å². The lowest BCUT2D eigenvalue weighted by molar-refractivity contribution is 0.0746. The first-order valence-electron chi connectivity index (χ1n) is 8.56. The van der Waals surface area contributed by atoms with Gasteiger partial charge in [-0.2, -0.15) is 0 Å². The normalized spacial score (nSPS) is 14.3. The monoisotopic (exact) mass is 418 g/mol. The van der Waals surface area contributed by atoms with E-state index in [1.165, 1.54) is 11.3 Å². The molecule has 1 aliphatic heterocycles. The Hall–Kier alpha value is -2.21. The molecule has 6 heteroatoms. The standard InChI is InChI=1S/C20H23BrN2O3/c1-14-5-4-6-16(11-14)22-7-9-23(10-8-22)20(24)15-12-17(25-2)19(21)18(13-15)26-3/h4-6,11-13H,7-10H2,1-3H3. The maximum atomic E-state index is 12.9. The van der Waals surface area contributed by atoms with Gasteiger partial charge in [-0.1, -0.05) is 12.1 Å². The molecule has 2 aromatic carbocycles. The average Bonchev–Trinajstić information content (AvgIpc) is 2.67. The minimum atomic E-state index is -0.00186. The van der Waals surface area contributed by atoms with Crippen LogP contribution in [0.2, 0.25) is 0 Å². The third-order valence-corrected chi connectivity index (χ3v) is 5.41. The lowest BCUT2D eigenvalue weighted by Gasteiger charge is -2.36. The third-order valence-electron chi connectivity index (χ3n) is 4.63. The van der Waals surface area contributed by atoms with Crippen molar-refractivity contribution in [3.05, 3.63) is 52.0 Å². The number of ether oxygens (including phenoxy) is 2. The van der Waals surface area contributed by atoms with E-state index in [9.17, 15) is 4.79 Å². The van der Waals surface area contributed by atoms with Gasteiger partial charge in [0.1, 0.15) is 16.0 Å². The Morgan fingerprint density at radius 1 is 1.00 bits per heavy atom. The first-order valence-corrected chi connectivity index (χ1v) is 9.35. The summed E-state index contributed by atoms with van der Waals surface area (Å²) in [6, 6.07) is 12.0. The summed E-state index contributed by atoms with van der Waals surface area (Å²) < 4.78 is 11.4. The number of piperazine rings is 1. The number of rotatable bonds is 4. The molecule has 0 saturated carbocycles. The number of hydrogen-bond acceptors (Lipinski definition) is 4. The second-order valence-electron chi connectivity index (χ2n) is 6.31. The van der Waals surface area contributed by atoms with Crippen LogP contribution in [-0.4, -0.2) is 51.2 Å². The molecule has 1 aliphatic rings. The number of halogens is 1. The molecule has 0 radical (unpaired) electrons. The summed E-state index contributed by atoms with van der Waals surface area (Å²) in [6.07, 6.45) is 0. The number of nitrogens with zero attached hydrogens (tertiary/aromatic N) is 2. The van der Waals surface area contributed by atoms with Gasteiger partial charge in [-0.15, -0.1) is 0 Å². The van der Waals surface area contributed by atoms with Gasteiger partial charge in [0.25, 0.3) is 5.91 Å². The summed E-state index contributed by atoms with van der Waals surface area (Å²) in [5.74, 6) is 1.18. The zero-order valence-electron chi connectivity index (χ0n) is 15.3. The highest BCUT2D eigenvalue weighted by molar-refractivity contribution is 9.10. The van der Waals surface area contributed by atoms with Gasteiger partial charge in [0, 0.05) is 37.4 Å². The van der Waals surface area contributed by atoms with Crippen molar-refractivity contribution in [2.24, 2.45) is 0 Å². The van der Waals surface area contributed by atoms with E-state index in [0.717, 1.165) is 13.1 Å². The summed E-state index contributed by atoms with van der Waals surface area (Å²) in [5, 5.41) is 0. The van der Waals surface area contributed by atoms with Gasteiger partial charge in [0.15, 0.2) is 0 Å². The van der Waals surface area contributed by atoms with Crippen LogP contribution in [0.3, 0.4) is 0 Å². The second kappa shape index (κ2) is 7.99. The van der Waals surface area contributed by atoms with E-state index in [1.54, 1.807) is 26.4 Å². The molecule has 5 nitrogen and oxygen atoms in total. The van der Waals surface area contributed by atoms with Crippen LogP contribution in [0, 0.1) is 6.92 Å². The lowest BCUT2D eigenvalue weighted by Crippen LogP contribution is -2.48. The van der Waals surface area contributed by atoms with Gasteiger partial charge in [-0.3, -0.25) is 4.79 Å². The van der Waals surface area contributed by atoms with Crippen LogP contribution in [0.25, 0.3) is 0 Å². The van der Waals surface area contributed by atoms with E-state index < -0.39 is 0 Å². The van der Waals surface area contributed by atoms with Crippen molar-refractivity contribution in [2.45, 2.75) is 6.92 Å². The van der Waals surface area contributed by atoms with Gasteiger partial charge in [-0.05, 0) is 52.7 Å². The molecule has 26 heavy (non-hydrogen) atoms. The number of hydrogen-bond donors (Lipinski definition) is 0. The fourth-order valence-corrected chi connectivity index (χ4v) is 3.72. The predicted octanol–water partition coefficient (Wildman–Crippen LogP) is 3.74. The van der Waals surface area contributed by atoms with E-state index in [2.05, 4.69) is 52.0 Å². The molecule has 0 aliphatic carbocycles. The van der Waals surface area contributed by atoms with Crippen molar-refractivity contribution in [2.75, 3.05) is 45.3 Å². The Balaban J connectivity index is 1.72. The van der Waals surface area contributed by atoms with E-state index in [0.29, 0.717) is 34.6 Å². The maximum absolute atomic E-state index is 12.9. The van der Waals surface area contributed by atoms with Gasteiger partial charge < -0.3 is 19.3 Å². The van der Waals surface area contributed by atoms with Crippen LogP contribution in [-0.2, 0) is 0 Å². The van der Waals surface area contributed by atoms with Crippen molar-refractivity contribution in [1.29, 1.82) is 0 Å². The molecule has 0 aromatic heterocycles. The molecule has 1 heterocycles. The number of benzene rings is 2. The minimum Gasteiger partial charge on any atom is -0.495 e. The minimum absolute atomic E-state index is 0.00186. The van der Waals surface area contributed by atoms with Crippen LogP contribution in [0.5, 0.6) is 11.5 Å². The zero-order chi connectivity index (χ0) is 18.7. The summed E-state index contributed by atoms with van der Waals surface area (Å²) in [5.41, 5.74) is 3.03. The molecule has 0 unspecified atom stereocenters. The molecular weight excluding hydrogens is 396 g/mol. The summed E-state index contributed by atoms with van der Waals surface area (Å²) in [4.78, 5) is 17.1. The summed E-state index contributed by atoms with van der Waals surface area (Å²) >= 11 is 3.44. The second-order valence-corrected chi connectivity index (χ2v) is 7.11. The highest BCUT2D eigenvalue weighted by Crippen LogP contribution is 2.36. The summed E-state index contributed by atoms with van der Waals surface area (Å²) in [7, 11) is 3.16. The quantitative estimate of drug-likeness (QED) is 0.758. The fraction of sp³-hybridized carbons (Fsp3) is 0.350. The molecule has 138 valence electrons. The van der Waals surface area contributed by atoms with Crippen molar-refractivity contribution in [3.8, 4) is 11.5 Å². The van der Waals surface area contributed by atoms with Crippen molar-refractivity contribution < 1.29 is 14.3 Å². The Morgan fingerprint density at radius 2 is 1.62 bits per heavy atom. The van der Waals surface area contributed by atoms with Crippen LogP contribution >= 0.6 is 15.9 Å². The molecule has 0 bridgehead atoms. The van der Waals surface area contributed by atoms with Crippen LogP contribution < -0.4 is 14.4 Å². The Bertz CT molecular complexity index is 776. The van der Waals surface area contributed by atoms with E-state index in [1.807, 2.05) is 4.90 Å². The highest BCUT2D eigenvalue weighted by atomic mass is 79.9. The van der Waals surface area contributed by atoms with E-state index >= 15 is 0 Å². The highest BCUT2D eigenvalue weighted by Gasteiger charge is 2.24. The average molecular weight is 419 g/mol. The first-order chi connectivity index (χ1) is 12.5. The lowest BCUT2D eigenvalue weighted by atomic mass is 10.1. The Kier molecular flexibility index (Phi) is 5.71. The number of methoxy groups -OCH3 is 2. The molecule has 3 rings (SSSR count). The van der Waals surface area contributed by atoms with E-state index in [-0.39, 0.29) is 5.91 Å². The smallest absolute Gasteiger partial charge is 0.254 e. The number of anilines is 1. The Morgan fingerprint density at radius 3 is 2.15 bits per heavy atom. The molecule has 0 atom stereocenters. The number of aryl methyl sites for hydroxylation is 1. The molecule has 0 spiro atoms. The third kappa shape index (κ3) is 3.80. The molecular formula is C20H23BrN2O3. The van der Waals surface area contributed by atoms with Crippen molar-refractivity contribution >= 4 is 27.5 Å². The topological polar surface area (TPSA) is 42.0 Å². The fourth-order valence-electron chi connectivity index (χ4n) is 3.17. The van der Waals surface area contributed by atoms with Gasteiger partial charge in [-0.25, -0.2) is 0 Å². The number of carbonyl (C=O) groups is 1. The van der Waals surface area contributed by atoms with Crippen molar-refractivity contribution in [3.63, 3.8) is 0 Å². The van der Waals surface area contributed by atoms with E-state index in [4.69, 9.17) is 9.47 Å². The molecule has 1 amide bonds. The SMILES string of the molecule is COc1cc(C(=O)N2CCN(c3cccc(C)c3)CC2)cc(OC)c1Br. The number of carbonyl (C=O) groups excluding carboxylic acids is 1. The molecule has 2 aromatic rings. The van der Waals surface area contributed by atoms with Crippen LogP contribution in [0.4, 0.5) is 5.69 Å². The van der Waals surface area contributed by atoms with Gasteiger partial charge in [0.2, 0.25) is 0 Å². The van der Waals surface area contributed by atoms with Gasteiger partial charge in [0.05, 0.1) is 14.2 Å². The first kappa shape index (κ1) is 18.6.